The maximum absolute atomic E-state index is 5.88. The van der Waals surface area contributed by atoms with Crippen molar-refractivity contribution in [2.75, 3.05) is 20.2 Å². The molecule has 0 unspecified atom stereocenters. The summed E-state index contributed by atoms with van der Waals surface area (Å²) < 4.78 is 5.88. The summed E-state index contributed by atoms with van der Waals surface area (Å²) in [6.07, 6.45) is 10.2. The third kappa shape index (κ3) is 6.31. The highest BCUT2D eigenvalue weighted by Gasteiger charge is 2.05. The monoisotopic (exact) mass is 259 g/mol. The molecule has 1 aromatic rings. The van der Waals surface area contributed by atoms with Gasteiger partial charge in [-0.2, -0.15) is 0 Å². The number of rotatable bonds is 9. The molecule has 0 aliphatic carbocycles. The van der Waals surface area contributed by atoms with Crippen LogP contribution in [0.15, 0.2) is 24.3 Å². The van der Waals surface area contributed by atoms with Crippen molar-refractivity contribution in [2.45, 2.75) is 39.2 Å². The molecule has 0 aliphatic rings. The van der Waals surface area contributed by atoms with Crippen molar-refractivity contribution in [1.29, 1.82) is 0 Å². The Morgan fingerprint density at radius 2 is 2.00 bits per heavy atom. The third-order valence-corrected chi connectivity index (χ3v) is 3.03. The summed E-state index contributed by atoms with van der Waals surface area (Å²) in [6.45, 7) is 4.51. The normalized spacial score (nSPS) is 10.4. The standard InChI is InChI=1S/C17H25NO/c1-4-6-7-10-14-19-17-12-9-8-11-16(17)15-18(3)13-5-2/h2,8-9,11-12H,4,6-7,10,13-15H2,1,3H3. The maximum atomic E-state index is 5.88. The molecule has 2 nitrogen and oxygen atoms in total. The summed E-state index contributed by atoms with van der Waals surface area (Å²) in [5.41, 5.74) is 1.20. The van der Waals surface area contributed by atoms with Crippen LogP contribution in [0, 0.1) is 12.3 Å². The second-order valence-electron chi connectivity index (χ2n) is 4.89. The van der Waals surface area contributed by atoms with Crippen LogP contribution in [-0.2, 0) is 6.54 Å². The van der Waals surface area contributed by atoms with Crippen molar-refractivity contribution in [2.24, 2.45) is 0 Å². The fraction of sp³-hybridized carbons (Fsp3) is 0.529. The number of unbranched alkanes of at least 4 members (excludes halogenated alkanes) is 3. The molecule has 0 bridgehead atoms. The van der Waals surface area contributed by atoms with Gasteiger partial charge in [-0.3, -0.25) is 4.90 Å². The van der Waals surface area contributed by atoms with E-state index >= 15 is 0 Å². The van der Waals surface area contributed by atoms with E-state index in [2.05, 4.69) is 23.8 Å². The number of hydrogen-bond acceptors (Lipinski definition) is 2. The van der Waals surface area contributed by atoms with E-state index in [1.54, 1.807) is 0 Å². The Bertz CT molecular complexity index is 394. The van der Waals surface area contributed by atoms with Gasteiger partial charge in [-0.15, -0.1) is 6.42 Å². The lowest BCUT2D eigenvalue weighted by atomic mass is 10.2. The Morgan fingerprint density at radius 3 is 2.74 bits per heavy atom. The van der Waals surface area contributed by atoms with Crippen LogP contribution in [0.2, 0.25) is 0 Å². The molecular weight excluding hydrogens is 234 g/mol. The van der Waals surface area contributed by atoms with E-state index in [-0.39, 0.29) is 0 Å². The fourth-order valence-corrected chi connectivity index (χ4v) is 1.99. The molecule has 0 saturated heterocycles. The van der Waals surface area contributed by atoms with Crippen LogP contribution >= 0.6 is 0 Å². The topological polar surface area (TPSA) is 12.5 Å². The Labute approximate surface area is 117 Å². The van der Waals surface area contributed by atoms with E-state index in [0.29, 0.717) is 6.54 Å². The molecule has 0 radical (unpaired) electrons. The van der Waals surface area contributed by atoms with Crippen LogP contribution in [0.3, 0.4) is 0 Å². The lowest BCUT2D eigenvalue weighted by molar-refractivity contribution is 0.292. The van der Waals surface area contributed by atoms with Gasteiger partial charge in [0.15, 0.2) is 0 Å². The molecule has 0 heterocycles. The Balaban J connectivity index is 2.46. The largest absolute Gasteiger partial charge is 0.493 e. The predicted octanol–water partition coefficient (Wildman–Crippen LogP) is 3.71. The van der Waals surface area contributed by atoms with E-state index in [9.17, 15) is 0 Å². The highest BCUT2D eigenvalue weighted by molar-refractivity contribution is 5.33. The first kappa shape index (κ1) is 15.6. The smallest absolute Gasteiger partial charge is 0.123 e. The summed E-state index contributed by atoms with van der Waals surface area (Å²) in [4.78, 5) is 2.11. The van der Waals surface area contributed by atoms with Crippen LogP contribution < -0.4 is 4.74 Å². The van der Waals surface area contributed by atoms with Gasteiger partial charge in [-0.05, 0) is 19.5 Å². The van der Waals surface area contributed by atoms with Gasteiger partial charge in [-0.1, -0.05) is 50.3 Å². The fourth-order valence-electron chi connectivity index (χ4n) is 1.99. The van der Waals surface area contributed by atoms with Crippen molar-refractivity contribution in [3.8, 4) is 18.1 Å². The molecule has 0 aromatic heterocycles. The van der Waals surface area contributed by atoms with Crippen LogP contribution in [-0.4, -0.2) is 25.1 Å². The Morgan fingerprint density at radius 1 is 1.21 bits per heavy atom. The molecule has 0 atom stereocenters. The highest BCUT2D eigenvalue weighted by Crippen LogP contribution is 2.19. The summed E-state index contributed by atoms with van der Waals surface area (Å²) in [6, 6.07) is 8.21. The number of benzene rings is 1. The van der Waals surface area contributed by atoms with Crippen molar-refractivity contribution in [1.82, 2.24) is 4.90 Å². The van der Waals surface area contributed by atoms with Crippen molar-refractivity contribution >= 4 is 0 Å². The SMILES string of the molecule is C#CCN(C)Cc1ccccc1OCCCCCC. The molecule has 0 spiro atoms. The van der Waals surface area contributed by atoms with Crippen LogP contribution in [0.4, 0.5) is 0 Å². The van der Waals surface area contributed by atoms with E-state index < -0.39 is 0 Å². The summed E-state index contributed by atoms with van der Waals surface area (Å²) in [5, 5.41) is 0. The van der Waals surface area contributed by atoms with E-state index in [1.165, 1.54) is 24.8 Å². The maximum Gasteiger partial charge on any atom is 0.123 e. The second-order valence-corrected chi connectivity index (χ2v) is 4.89. The summed E-state index contributed by atoms with van der Waals surface area (Å²) in [5.74, 6) is 3.65. The molecule has 2 heteroatoms. The first-order valence-electron chi connectivity index (χ1n) is 7.10. The summed E-state index contributed by atoms with van der Waals surface area (Å²) >= 11 is 0. The van der Waals surface area contributed by atoms with Gasteiger partial charge < -0.3 is 4.74 Å². The number of nitrogens with zero attached hydrogens (tertiary/aromatic N) is 1. The number of terminal acetylenes is 1. The minimum absolute atomic E-state index is 0.658. The first-order chi connectivity index (χ1) is 9.27. The van der Waals surface area contributed by atoms with Crippen molar-refractivity contribution < 1.29 is 4.74 Å². The zero-order valence-electron chi connectivity index (χ0n) is 12.2. The zero-order valence-corrected chi connectivity index (χ0v) is 12.2. The molecule has 19 heavy (non-hydrogen) atoms. The number of para-hydroxylation sites is 1. The molecule has 0 N–H and O–H groups in total. The minimum atomic E-state index is 0.658. The quantitative estimate of drug-likeness (QED) is 0.495. The van der Waals surface area contributed by atoms with E-state index in [0.717, 1.165) is 25.3 Å². The van der Waals surface area contributed by atoms with Crippen molar-refractivity contribution in [3.63, 3.8) is 0 Å². The van der Waals surface area contributed by atoms with Gasteiger partial charge in [0.25, 0.3) is 0 Å². The van der Waals surface area contributed by atoms with E-state index in [4.69, 9.17) is 11.2 Å². The molecular formula is C17H25NO. The molecule has 0 aliphatic heterocycles. The average Bonchev–Trinajstić information content (AvgIpc) is 2.40. The first-order valence-corrected chi connectivity index (χ1v) is 7.10. The van der Waals surface area contributed by atoms with E-state index in [1.807, 2.05) is 25.2 Å². The van der Waals surface area contributed by atoms with Gasteiger partial charge in [-0.25, -0.2) is 0 Å². The molecule has 0 saturated carbocycles. The van der Waals surface area contributed by atoms with Gasteiger partial charge in [0, 0.05) is 12.1 Å². The molecule has 104 valence electrons. The lowest BCUT2D eigenvalue weighted by Gasteiger charge is -2.16. The predicted molar refractivity (Wildman–Crippen MR) is 81.2 cm³/mol. The van der Waals surface area contributed by atoms with Gasteiger partial charge in [0.1, 0.15) is 5.75 Å². The molecule has 1 rings (SSSR count). The molecule has 0 amide bonds. The second kappa shape index (κ2) is 9.47. The highest BCUT2D eigenvalue weighted by atomic mass is 16.5. The zero-order chi connectivity index (χ0) is 13.9. The number of ether oxygens (including phenoxy) is 1. The Hall–Kier alpha value is -1.46. The lowest BCUT2D eigenvalue weighted by Crippen LogP contribution is -2.18. The minimum Gasteiger partial charge on any atom is -0.493 e. The van der Waals surface area contributed by atoms with Crippen LogP contribution in [0.25, 0.3) is 0 Å². The number of hydrogen-bond donors (Lipinski definition) is 0. The van der Waals surface area contributed by atoms with Crippen LogP contribution in [0.1, 0.15) is 38.2 Å². The van der Waals surface area contributed by atoms with Crippen LogP contribution in [0.5, 0.6) is 5.75 Å². The van der Waals surface area contributed by atoms with Gasteiger partial charge >= 0.3 is 0 Å². The van der Waals surface area contributed by atoms with Crippen molar-refractivity contribution in [3.05, 3.63) is 29.8 Å². The average molecular weight is 259 g/mol. The Kier molecular flexibility index (Phi) is 7.77. The third-order valence-electron chi connectivity index (χ3n) is 3.03. The molecule has 0 fully saturated rings. The molecule has 1 aromatic carbocycles. The summed E-state index contributed by atoms with van der Waals surface area (Å²) in [7, 11) is 2.03. The van der Waals surface area contributed by atoms with Gasteiger partial charge in [0.05, 0.1) is 13.2 Å². The van der Waals surface area contributed by atoms with Gasteiger partial charge in [0.2, 0.25) is 0 Å².